The van der Waals surface area contributed by atoms with Crippen molar-refractivity contribution in [3.8, 4) is 5.75 Å². The van der Waals surface area contributed by atoms with Crippen molar-refractivity contribution in [1.29, 1.82) is 0 Å². The lowest BCUT2D eigenvalue weighted by Gasteiger charge is -2.18. The SMILES string of the molecule is NC(CCl)=Nc1cc(OC(F)(F)C(F)Cl)ccc1Cl. The Hall–Kier alpha value is -0.850. The summed E-state index contributed by atoms with van der Waals surface area (Å²) < 4.78 is 42.4. The number of benzene rings is 1. The first kappa shape index (κ1) is 16.2. The van der Waals surface area contributed by atoms with Crippen LogP contribution in [0.5, 0.6) is 5.75 Å². The molecule has 0 heterocycles. The number of hydrogen-bond acceptors (Lipinski definition) is 2. The van der Waals surface area contributed by atoms with Gasteiger partial charge in [-0.2, -0.15) is 8.78 Å². The molecular formula is C10H8Cl3F3N2O. The van der Waals surface area contributed by atoms with E-state index in [0.29, 0.717) is 0 Å². The van der Waals surface area contributed by atoms with Gasteiger partial charge in [0, 0.05) is 6.07 Å². The van der Waals surface area contributed by atoms with Crippen molar-refractivity contribution in [3.63, 3.8) is 0 Å². The van der Waals surface area contributed by atoms with Crippen LogP contribution in [0.3, 0.4) is 0 Å². The number of alkyl halides is 5. The van der Waals surface area contributed by atoms with Crippen molar-refractivity contribution in [1.82, 2.24) is 0 Å². The van der Waals surface area contributed by atoms with E-state index in [-0.39, 0.29) is 28.2 Å². The Morgan fingerprint density at radius 1 is 1.47 bits per heavy atom. The Morgan fingerprint density at radius 3 is 2.63 bits per heavy atom. The second kappa shape index (κ2) is 6.54. The second-order valence-electron chi connectivity index (χ2n) is 3.31. The van der Waals surface area contributed by atoms with Crippen LogP contribution >= 0.6 is 34.8 Å². The van der Waals surface area contributed by atoms with Gasteiger partial charge in [0.2, 0.25) is 0 Å². The van der Waals surface area contributed by atoms with Crippen LogP contribution in [0.1, 0.15) is 0 Å². The van der Waals surface area contributed by atoms with E-state index in [9.17, 15) is 13.2 Å². The minimum atomic E-state index is -4.17. The normalized spacial score (nSPS) is 14.3. The number of amidine groups is 1. The van der Waals surface area contributed by atoms with E-state index in [1.165, 1.54) is 6.07 Å². The van der Waals surface area contributed by atoms with Gasteiger partial charge >= 0.3 is 6.11 Å². The third-order valence-electron chi connectivity index (χ3n) is 1.83. The van der Waals surface area contributed by atoms with Gasteiger partial charge in [-0.25, -0.2) is 9.38 Å². The zero-order chi connectivity index (χ0) is 14.6. The lowest BCUT2D eigenvalue weighted by Crippen LogP contribution is -2.32. The van der Waals surface area contributed by atoms with Crippen molar-refractivity contribution >= 4 is 46.3 Å². The number of ether oxygens (including phenoxy) is 1. The summed E-state index contributed by atoms with van der Waals surface area (Å²) >= 11 is 15.9. The quantitative estimate of drug-likeness (QED) is 0.501. The summed E-state index contributed by atoms with van der Waals surface area (Å²) in [6.07, 6.45) is -4.17. The monoisotopic (exact) mass is 334 g/mol. The molecule has 1 rings (SSSR count). The molecule has 1 aromatic rings. The molecule has 9 heteroatoms. The zero-order valence-electron chi connectivity index (χ0n) is 9.22. The summed E-state index contributed by atoms with van der Waals surface area (Å²) in [5.74, 6) is -0.391. The molecule has 0 amide bonds. The van der Waals surface area contributed by atoms with Crippen LogP contribution in [0.15, 0.2) is 23.2 Å². The molecule has 0 saturated heterocycles. The van der Waals surface area contributed by atoms with Crippen LogP contribution in [0, 0.1) is 0 Å². The molecule has 19 heavy (non-hydrogen) atoms. The van der Waals surface area contributed by atoms with Gasteiger partial charge in [0.15, 0.2) is 0 Å². The molecule has 0 bridgehead atoms. The number of nitrogens with zero attached hydrogens (tertiary/aromatic N) is 1. The van der Waals surface area contributed by atoms with Crippen LogP contribution in [-0.4, -0.2) is 23.5 Å². The molecule has 0 saturated carbocycles. The summed E-state index contributed by atoms with van der Waals surface area (Å²) in [6.45, 7) is 0. The minimum Gasteiger partial charge on any atom is -0.429 e. The molecule has 1 atom stereocenters. The maximum atomic E-state index is 12.9. The van der Waals surface area contributed by atoms with Crippen LogP contribution in [-0.2, 0) is 0 Å². The van der Waals surface area contributed by atoms with Gasteiger partial charge in [-0.3, -0.25) is 0 Å². The molecule has 1 unspecified atom stereocenters. The molecule has 0 aliphatic heterocycles. The first-order valence-electron chi connectivity index (χ1n) is 4.80. The summed E-state index contributed by atoms with van der Waals surface area (Å²) in [7, 11) is 0. The Morgan fingerprint density at radius 2 is 2.11 bits per heavy atom. The van der Waals surface area contributed by atoms with Crippen LogP contribution in [0.2, 0.25) is 5.02 Å². The predicted molar refractivity (Wildman–Crippen MR) is 69.8 cm³/mol. The van der Waals surface area contributed by atoms with Crippen molar-refractivity contribution in [2.45, 2.75) is 11.7 Å². The maximum absolute atomic E-state index is 12.9. The zero-order valence-corrected chi connectivity index (χ0v) is 11.5. The van der Waals surface area contributed by atoms with Crippen LogP contribution in [0.25, 0.3) is 0 Å². The first-order valence-corrected chi connectivity index (χ1v) is 6.14. The highest BCUT2D eigenvalue weighted by Gasteiger charge is 2.42. The fourth-order valence-electron chi connectivity index (χ4n) is 1.03. The molecule has 0 aromatic heterocycles. The molecule has 106 valence electrons. The van der Waals surface area contributed by atoms with Gasteiger partial charge in [0.05, 0.1) is 16.6 Å². The second-order valence-corrected chi connectivity index (χ2v) is 4.37. The van der Waals surface area contributed by atoms with Crippen LogP contribution < -0.4 is 10.5 Å². The van der Waals surface area contributed by atoms with Gasteiger partial charge in [-0.05, 0) is 12.1 Å². The average molecular weight is 336 g/mol. The third kappa shape index (κ3) is 4.63. The topological polar surface area (TPSA) is 47.6 Å². The largest absolute Gasteiger partial charge is 0.444 e. The van der Waals surface area contributed by atoms with Gasteiger partial charge in [-0.15, -0.1) is 11.6 Å². The summed E-state index contributed by atoms with van der Waals surface area (Å²) in [6, 6.07) is 3.43. The van der Waals surface area contributed by atoms with E-state index in [2.05, 4.69) is 21.3 Å². The summed E-state index contributed by atoms with van der Waals surface area (Å²) in [4.78, 5) is 3.79. The van der Waals surface area contributed by atoms with Crippen molar-refractivity contribution in [2.75, 3.05) is 5.88 Å². The number of rotatable bonds is 5. The maximum Gasteiger partial charge on any atom is 0.444 e. The minimum absolute atomic E-state index is 0.0354. The summed E-state index contributed by atoms with van der Waals surface area (Å²) in [5, 5.41) is 0.145. The van der Waals surface area contributed by atoms with Gasteiger partial charge in [0.25, 0.3) is 5.63 Å². The Balaban J connectivity index is 3.03. The number of aliphatic imine (C=N–C) groups is 1. The standard InChI is InChI=1S/C10H8Cl3F3N2O/c11-4-8(17)18-7-3-5(1-2-6(7)12)19-10(15,16)9(13)14/h1-3,9H,4H2,(H2,17,18). The Bertz CT molecular complexity index is 483. The molecule has 3 nitrogen and oxygen atoms in total. The molecule has 0 aliphatic rings. The van der Waals surface area contributed by atoms with Gasteiger partial charge in [0.1, 0.15) is 11.6 Å². The summed E-state index contributed by atoms with van der Waals surface area (Å²) in [5.41, 5.74) is 2.47. The molecular weight excluding hydrogens is 327 g/mol. The van der Waals surface area contributed by atoms with Crippen molar-refractivity contribution in [3.05, 3.63) is 23.2 Å². The van der Waals surface area contributed by atoms with E-state index in [1.54, 1.807) is 0 Å². The van der Waals surface area contributed by atoms with E-state index >= 15 is 0 Å². The number of hydrogen-bond donors (Lipinski definition) is 1. The highest BCUT2D eigenvalue weighted by molar-refractivity contribution is 6.33. The molecule has 0 spiro atoms. The van der Waals surface area contributed by atoms with Crippen molar-refractivity contribution < 1.29 is 17.9 Å². The van der Waals surface area contributed by atoms with Crippen LogP contribution in [0.4, 0.5) is 18.9 Å². The molecule has 1 aromatic carbocycles. The van der Waals surface area contributed by atoms with Crippen molar-refractivity contribution in [2.24, 2.45) is 10.7 Å². The van der Waals surface area contributed by atoms with E-state index in [0.717, 1.165) is 12.1 Å². The smallest absolute Gasteiger partial charge is 0.429 e. The highest BCUT2D eigenvalue weighted by Crippen LogP contribution is 2.34. The molecule has 0 radical (unpaired) electrons. The number of nitrogens with two attached hydrogens (primary N) is 1. The first-order chi connectivity index (χ1) is 8.76. The predicted octanol–water partition coefficient (Wildman–Crippen LogP) is 4.07. The molecule has 2 N–H and O–H groups in total. The fourth-order valence-corrected chi connectivity index (χ4v) is 1.29. The lowest BCUT2D eigenvalue weighted by molar-refractivity contribution is -0.198. The van der Waals surface area contributed by atoms with E-state index in [1.807, 2.05) is 0 Å². The average Bonchev–Trinajstić information content (AvgIpc) is 2.32. The lowest BCUT2D eigenvalue weighted by atomic mass is 10.3. The van der Waals surface area contributed by atoms with E-state index < -0.39 is 11.7 Å². The fraction of sp³-hybridized carbons (Fsp3) is 0.300. The number of halogens is 6. The Labute approximate surface area is 122 Å². The van der Waals surface area contributed by atoms with Gasteiger partial charge < -0.3 is 10.5 Å². The highest BCUT2D eigenvalue weighted by atomic mass is 35.5. The third-order valence-corrected chi connectivity index (χ3v) is 2.67. The van der Waals surface area contributed by atoms with Gasteiger partial charge in [-0.1, -0.05) is 23.2 Å². The Kier molecular flexibility index (Phi) is 5.58. The molecule has 0 fully saturated rings. The molecule has 0 aliphatic carbocycles. The van der Waals surface area contributed by atoms with E-state index in [4.69, 9.17) is 28.9 Å².